The molecule has 0 atom stereocenters. The number of nitrogens with one attached hydrogen (secondary N) is 1. The lowest BCUT2D eigenvalue weighted by Gasteiger charge is -2.18. The van der Waals surface area contributed by atoms with Crippen LogP contribution in [0.2, 0.25) is 0 Å². The molecule has 0 radical (unpaired) electrons. The van der Waals surface area contributed by atoms with Crippen LogP contribution in [0.25, 0.3) is 0 Å². The predicted molar refractivity (Wildman–Crippen MR) is 111 cm³/mol. The summed E-state index contributed by atoms with van der Waals surface area (Å²) in [6.45, 7) is 1.98. The van der Waals surface area contributed by atoms with Gasteiger partial charge in [-0.3, -0.25) is 9.52 Å². The van der Waals surface area contributed by atoms with E-state index in [-0.39, 0.29) is 16.5 Å². The normalized spacial score (nSPS) is 11.1. The number of carbonyl (C=O) groups excluding carboxylic acids is 1. The summed E-state index contributed by atoms with van der Waals surface area (Å²) in [6, 6.07) is 19.5. The zero-order valence-corrected chi connectivity index (χ0v) is 16.9. The Morgan fingerprint density at radius 3 is 2.41 bits per heavy atom. The van der Waals surface area contributed by atoms with Crippen molar-refractivity contribution in [1.82, 2.24) is 4.90 Å². The molecule has 1 amide bonds. The molecule has 0 spiro atoms. The average Bonchev–Trinajstić information content (AvgIpc) is 2.70. The number of halogens is 1. The fraction of sp³-hybridized carbons (Fsp3) is 0.136. The molecule has 150 valence electrons. The standard InChI is InChI=1S/C22H21FN2O3S/c1-16-11-12-20(14-21(16)23)29(27,28)24-19-10-6-9-18(13-19)22(26)25(2)15-17-7-4-3-5-8-17/h3-14,24H,15H2,1-2H3. The van der Waals surface area contributed by atoms with Crippen LogP contribution in [0.15, 0.2) is 77.7 Å². The van der Waals surface area contributed by atoms with E-state index < -0.39 is 15.8 Å². The van der Waals surface area contributed by atoms with Crippen molar-refractivity contribution in [2.45, 2.75) is 18.4 Å². The van der Waals surface area contributed by atoms with Crippen molar-refractivity contribution in [3.05, 3.63) is 95.3 Å². The summed E-state index contributed by atoms with van der Waals surface area (Å²) in [6.07, 6.45) is 0. The summed E-state index contributed by atoms with van der Waals surface area (Å²) in [5.41, 5.74) is 1.92. The Morgan fingerprint density at radius 1 is 1.00 bits per heavy atom. The summed E-state index contributed by atoms with van der Waals surface area (Å²) in [5, 5.41) is 0. The number of anilines is 1. The van der Waals surface area contributed by atoms with Crippen molar-refractivity contribution >= 4 is 21.6 Å². The monoisotopic (exact) mass is 412 g/mol. The zero-order valence-electron chi connectivity index (χ0n) is 16.1. The minimum Gasteiger partial charge on any atom is -0.337 e. The van der Waals surface area contributed by atoms with Crippen LogP contribution in [0.1, 0.15) is 21.5 Å². The second-order valence-corrected chi connectivity index (χ2v) is 8.43. The minimum atomic E-state index is -3.98. The second kappa shape index (κ2) is 8.45. The van der Waals surface area contributed by atoms with E-state index in [1.807, 2.05) is 30.3 Å². The SMILES string of the molecule is Cc1ccc(S(=O)(=O)Nc2cccc(C(=O)N(C)Cc3ccccc3)c2)cc1F. The fourth-order valence-electron chi connectivity index (χ4n) is 2.82. The van der Waals surface area contributed by atoms with Gasteiger partial charge in [-0.2, -0.15) is 0 Å². The van der Waals surface area contributed by atoms with E-state index >= 15 is 0 Å². The van der Waals surface area contributed by atoms with Crippen LogP contribution in [0, 0.1) is 12.7 Å². The molecule has 0 heterocycles. The Hall–Kier alpha value is -3.19. The Labute approximate surface area is 169 Å². The summed E-state index contributed by atoms with van der Waals surface area (Å²) >= 11 is 0. The largest absolute Gasteiger partial charge is 0.337 e. The van der Waals surface area contributed by atoms with Crippen LogP contribution in [0.4, 0.5) is 10.1 Å². The quantitative estimate of drug-likeness (QED) is 0.660. The maximum atomic E-state index is 13.7. The molecule has 0 fully saturated rings. The van der Waals surface area contributed by atoms with E-state index in [4.69, 9.17) is 0 Å². The van der Waals surface area contributed by atoms with Gasteiger partial charge in [0.05, 0.1) is 4.90 Å². The van der Waals surface area contributed by atoms with Gasteiger partial charge in [0.2, 0.25) is 0 Å². The number of benzene rings is 3. The maximum absolute atomic E-state index is 13.7. The number of hydrogen-bond donors (Lipinski definition) is 1. The summed E-state index contributed by atoms with van der Waals surface area (Å²) in [5.74, 6) is -0.837. The van der Waals surface area contributed by atoms with Crippen molar-refractivity contribution < 1.29 is 17.6 Å². The highest BCUT2D eigenvalue weighted by molar-refractivity contribution is 7.92. The van der Waals surface area contributed by atoms with E-state index in [1.165, 1.54) is 24.3 Å². The molecule has 7 heteroatoms. The third kappa shape index (κ3) is 5.00. The lowest BCUT2D eigenvalue weighted by molar-refractivity contribution is 0.0785. The summed E-state index contributed by atoms with van der Waals surface area (Å²) < 4.78 is 41.2. The smallest absolute Gasteiger partial charge is 0.261 e. The van der Waals surface area contributed by atoms with Crippen molar-refractivity contribution in [2.24, 2.45) is 0 Å². The highest BCUT2D eigenvalue weighted by atomic mass is 32.2. The van der Waals surface area contributed by atoms with Crippen molar-refractivity contribution in [1.29, 1.82) is 0 Å². The van der Waals surface area contributed by atoms with Crippen LogP contribution in [-0.2, 0) is 16.6 Å². The molecular weight excluding hydrogens is 391 g/mol. The highest BCUT2D eigenvalue weighted by Crippen LogP contribution is 2.20. The number of rotatable bonds is 6. The zero-order chi connectivity index (χ0) is 21.0. The maximum Gasteiger partial charge on any atom is 0.261 e. The molecule has 0 bridgehead atoms. The molecule has 0 aromatic heterocycles. The Bertz CT molecular complexity index is 1130. The van der Waals surface area contributed by atoms with Crippen LogP contribution >= 0.6 is 0 Å². The third-order valence-electron chi connectivity index (χ3n) is 4.42. The first-order chi connectivity index (χ1) is 13.8. The van der Waals surface area contributed by atoms with E-state index in [0.717, 1.165) is 11.6 Å². The van der Waals surface area contributed by atoms with E-state index in [1.54, 1.807) is 31.0 Å². The molecule has 0 saturated carbocycles. The Morgan fingerprint density at radius 2 is 1.72 bits per heavy atom. The van der Waals surface area contributed by atoms with Crippen molar-refractivity contribution in [3.8, 4) is 0 Å². The van der Waals surface area contributed by atoms with Gasteiger partial charge >= 0.3 is 0 Å². The Kier molecular flexibility index (Phi) is 5.98. The molecule has 0 unspecified atom stereocenters. The molecule has 1 N–H and O–H groups in total. The van der Waals surface area contributed by atoms with Crippen LogP contribution in [0.3, 0.4) is 0 Å². The first-order valence-corrected chi connectivity index (χ1v) is 10.4. The number of nitrogens with zero attached hydrogens (tertiary/aromatic N) is 1. The lowest BCUT2D eigenvalue weighted by Crippen LogP contribution is -2.26. The number of aryl methyl sites for hydroxylation is 1. The molecule has 0 aliphatic rings. The van der Waals surface area contributed by atoms with Crippen LogP contribution in [0.5, 0.6) is 0 Å². The third-order valence-corrected chi connectivity index (χ3v) is 5.80. The number of amides is 1. The number of hydrogen-bond acceptors (Lipinski definition) is 3. The summed E-state index contributed by atoms with van der Waals surface area (Å²) in [7, 11) is -2.30. The number of sulfonamides is 1. The lowest BCUT2D eigenvalue weighted by atomic mass is 10.1. The molecule has 3 rings (SSSR count). The molecule has 0 saturated heterocycles. The number of carbonyl (C=O) groups is 1. The second-order valence-electron chi connectivity index (χ2n) is 6.74. The molecule has 3 aromatic rings. The molecule has 0 aliphatic heterocycles. The average molecular weight is 412 g/mol. The van der Waals surface area contributed by atoms with Gasteiger partial charge in [0.25, 0.3) is 15.9 Å². The first-order valence-electron chi connectivity index (χ1n) is 8.95. The summed E-state index contributed by atoms with van der Waals surface area (Å²) in [4.78, 5) is 14.1. The molecule has 3 aromatic carbocycles. The van der Waals surface area contributed by atoms with Gasteiger partial charge in [0, 0.05) is 24.8 Å². The van der Waals surface area contributed by atoms with Gasteiger partial charge in [-0.15, -0.1) is 0 Å². The van der Waals surface area contributed by atoms with E-state index in [2.05, 4.69) is 4.72 Å². The Balaban J connectivity index is 1.78. The van der Waals surface area contributed by atoms with Gasteiger partial charge in [-0.05, 0) is 48.4 Å². The van der Waals surface area contributed by atoms with Gasteiger partial charge in [-0.25, -0.2) is 12.8 Å². The van der Waals surface area contributed by atoms with Crippen LogP contribution in [-0.4, -0.2) is 26.3 Å². The van der Waals surface area contributed by atoms with Gasteiger partial charge in [-0.1, -0.05) is 42.5 Å². The topological polar surface area (TPSA) is 66.5 Å². The molecule has 0 aliphatic carbocycles. The van der Waals surface area contributed by atoms with Gasteiger partial charge in [0.15, 0.2) is 0 Å². The first kappa shape index (κ1) is 20.5. The van der Waals surface area contributed by atoms with Crippen LogP contribution < -0.4 is 4.72 Å². The predicted octanol–water partition coefficient (Wildman–Crippen LogP) is 4.21. The van der Waals surface area contributed by atoms with Crippen molar-refractivity contribution in [3.63, 3.8) is 0 Å². The molecular formula is C22H21FN2O3S. The molecule has 5 nitrogen and oxygen atoms in total. The van der Waals surface area contributed by atoms with Gasteiger partial charge < -0.3 is 4.90 Å². The van der Waals surface area contributed by atoms with Crippen molar-refractivity contribution in [2.75, 3.05) is 11.8 Å². The van der Waals surface area contributed by atoms with Gasteiger partial charge in [0.1, 0.15) is 5.82 Å². The molecule has 29 heavy (non-hydrogen) atoms. The highest BCUT2D eigenvalue weighted by Gasteiger charge is 2.18. The van der Waals surface area contributed by atoms with E-state index in [0.29, 0.717) is 17.7 Å². The fourth-order valence-corrected chi connectivity index (χ4v) is 3.88. The minimum absolute atomic E-state index is 0.182. The van der Waals surface area contributed by atoms with E-state index in [9.17, 15) is 17.6 Å².